The molecule has 1 heterocycles. The number of thiol groups is 1. The number of aliphatic carboxylic acids is 2. The summed E-state index contributed by atoms with van der Waals surface area (Å²) in [4.78, 5) is 40.2. The number of carboxylic acids is 2. The molecule has 1 saturated heterocycles. The Labute approximate surface area is 203 Å². The minimum atomic E-state index is -1.00. The van der Waals surface area contributed by atoms with E-state index in [0.29, 0.717) is 38.1 Å². The van der Waals surface area contributed by atoms with Crippen molar-refractivity contribution < 1.29 is 24.6 Å². The van der Waals surface area contributed by atoms with Crippen LogP contribution in [0.4, 0.5) is 0 Å². The minimum absolute atomic E-state index is 0.0129. The number of carbonyl (C=O) groups excluding carboxylic acids is 1. The van der Waals surface area contributed by atoms with E-state index in [0.717, 1.165) is 4.90 Å². The summed E-state index contributed by atoms with van der Waals surface area (Å²) in [5.41, 5.74) is 15.3. The number of amides is 1. The van der Waals surface area contributed by atoms with Gasteiger partial charge in [-0.05, 0) is 31.4 Å². The van der Waals surface area contributed by atoms with Gasteiger partial charge in [0.1, 0.15) is 12.1 Å². The molecule has 0 aliphatic carbocycles. The summed E-state index contributed by atoms with van der Waals surface area (Å²) in [5, 5.41) is 17.8. The van der Waals surface area contributed by atoms with Crippen molar-refractivity contribution in [3.8, 4) is 0 Å². The van der Waals surface area contributed by atoms with Crippen LogP contribution in [0.2, 0.25) is 0 Å². The van der Waals surface area contributed by atoms with E-state index in [2.05, 4.69) is 17.6 Å². The maximum atomic E-state index is 12.3. The fourth-order valence-corrected chi connectivity index (χ4v) is 4.43. The van der Waals surface area contributed by atoms with E-state index in [-0.39, 0.29) is 23.0 Å². The number of nitrogens with zero attached hydrogens (tertiary/aromatic N) is 2. The fraction of sp³-hybridized carbons (Fsp3) is 0.524. The first-order valence-electron chi connectivity index (χ1n) is 10.5. The summed E-state index contributed by atoms with van der Waals surface area (Å²) >= 11 is 5.77. The van der Waals surface area contributed by atoms with Crippen LogP contribution in [0.25, 0.3) is 0 Å². The Kier molecular flexibility index (Phi) is 12.7. The van der Waals surface area contributed by atoms with Crippen LogP contribution in [0.1, 0.15) is 26.2 Å². The molecule has 1 aliphatic heterocycles. The highest BCUT2D eigenvalue weighted by molar-refractivity contribution is 8.00. The average molecular weight is 500 g/mol. The van der Waals surface area contributed by atoms with Crippen molar-refractivity contribution in [2.75, 3.05) is 18.8 Å². The molecule has 0 spiro atoms. The number of likely N-dealkylation sites (tertiary alicyclic amines) is 1. The quantitative estimate of drug-likeness (QED) is 0.117. The Hall–Kier alpha value is -2.44. The number of rotatable bonds is 10. The average Bonchev–Trinajstić information content (AvgIpc) is 3.20. The first-order chi connectivity index (χ1) is 15.6. The number of nitrogens with two attached hydrogens (primary N) is 3. The third-order valence-corrected chi connectivity index (χ3v) is 6.62. The molecule has 1 aromatic carbocycles. The summed E-state index contributed by atoms with van der Waals surface area (Å²) in [7, 11) is 0. The Morgan fingerprint density at radius 3 is 2.39 bits per heavy atom. The van der Waals surface area contributed by atoms with Crippen LogP contribution in [-0.2, 0) is 14.4 Å². The Bertz CT molecular complexity index is 807. The topological polar surface area (TPSA) is 185 Å². The van der Waals surface area contributed by atoms with Gasteiger partial charge in [-0.2, -0.15) is 12.6 Å². The summed E-state index contributed by atoms with van der Waals surface area (Å²) in [5.74, 6) is -1.85. The molecule has 2 rings (SSSR count). The predicted octanol–water partition coefficient (Wildman–Crippen LogP) is 0.851. The second kappa shape index (κ2) is 14.7. The third kappa shape index (κ3) is 10.4. The molecule has 0 radical (unpaired) electrons. The van der Waals surface area contributed by atoms with Gasteiger partial charge in [-0.1, -0.05) is 25.1 Å². The highest BCUT2D eigenvalue weighted by Gasteiger charge is 2.40. The number of hydrogen-bond acceptors (Lipinski definition) is 7. The normalized spacial score (nSPS) is 19.1. The molecular weight excluding hydrogens is 466 g/mol. The van der Waals surface area contributed by atoms with Crippen LogP contribution in [0.15, 0.2) is 40.2 Å². The van der Waals surface area contributed by atoms with Crippen LogP contribution in [0.3, 0.4) is 0 Å². The molecule has 184 valence electrons. The summed E-state index contributed by atoms with van der Waals surface area (Å²) in [6.07, 6.45) is 1.44. The standard InChI is InChI=1S/C15H19NO3S2.C6H14N4O2/c1-10(9-20)14(17)16-8-12(7-13(16)15(18)19)21-11-5-3-2-4-6-11;7-4(5(11)12)2-1-3-10-6(8)9/h2-6,10,12-13,20H,7-9H2,1H3,(H,18,19);4H,1-3,7H2,(H,11,12)(H4,8,9,10). The number of hydrogen-bond donors (Lipinski definition) is 6. The molecule has 8 N–H and O–H groups in total. The van der Waals surface area contributed by atoms with Gasteiger partial charge in [-0.3, -0.25) is 14.6 Å². The first kappa shape index (κ1) is 28.6. The van der Waals surface area contributed by atoms with Gasteiger partial charge in [0.05, 0.1) is 0 Å². The predicted molar refractivity (Wildman–Crippen MR) is 132 cm³/mol. The maximum Gasteiger partial charge on any atom is 0.326 e. The van der Waals surface area contributed by atoms with Gasteiger partial charge in [0.2, 0.25) is 5.91 Å². The lowest BCUT2D eigenvalue weighted by atomic mass is 10.1. The van der Waals surface area contributed by atoms with Gasteiger partial charge in [0.25, 0.3) is 0 Å². The molecule has 4 unspecified atom stereocenters. The molecule has 0 aromatic heterocycles. The Balaban J connectivity index is 0.000000389. The Morgan fingerprint density at radius 1 is 1.24 bits per heavy atom. The molecule has 1 aliphatic rings. The fourth-order valence-electron chi connectivity index (χ4n) is 3.06. The molecule has 4 atom stereocenters. The van der Waals surface area contributed by atoms with Gasteiger partial charge < -0.3 is 32.3 Å². The lowest BCUT2D eigenvalue weighted by molar-refractivity contribution is -0.149. The van der Waals surface area contributed by atoms with Crippen molar-refractivity contribution in [3.05, 3.63) is 30.3 Å². The second-order valence-corrected chi connectivity index (χ2v) is 9.35. The van der Waals surface area contributed by atoms with Crippen LogP contribution >= 0.6 is 24.4 Å². The number of guanidine groups is 1. The molecule has 1 fully saturated rings. The van der Waals surface area contributed by atoms with Gasteiger partial charge in [0.15, 0.2) is 5.96 Å². The van der Waals surface area contributed by atoms with Crippen molar-refractivity contribution in [1.82, 2.24) is 4.90 Å². The molecule has 12 heteroatoms. The zero-order chi connectivity index (χ0) is 25.0. The van der Waals surface area contributed by atoms with Crippen LogP contribution in [0.5, 0.6) is 0 Å². The zero-order valence-electron chi connectivity index (χ0n) is 18.5. The number of thioether (sulfide) groups is 1. The van der Waals surface area contributed by atoms with Crippen molar-refractivity contribution in [1.29, 1.82) is 0 Å². The van der Waals surface area contributed by atoms with Gasteiger partial charge in [-0.25, -0.2) is 4.79 Å². The summed E-state index contributed by atoms with van der Waals surface area (Å²) in [6, 6.07) is 8.32. The van der Waals surface area contributed by atoms with E-state index in [9.17, 15) is 19.5 Å². The molecule has 0 saturated carbocycles. The van der Waals surface area contributed by atoms with Gasteiger partial charge >= 0.3 is 11.9 Å². The van der Waals surface area contributed by atoms with Crippen molar-refractivity contribution >= 4 is 48.2 Å². The molecule has 1 aromatic rings. The zero-order valence-corrected chi connectivity index (χ0v) is 20.3. The van der Waals surface area contributed by atoms with Gasteiger partial charge in [0, 0.05) is 34.9 Å². The van der Waals surface area contributed by atoms with Crippen molar-refractivity contribution in [2.45, 2.75) is 48.4 Å². The molecule has 10 nitrogen and oxygen atoms in total. The molecule has 0 bridgehead atoms. The van der Waals surface area contributed by atoms with E-state index in [4.69, 9.17) is 22.3 Å². The van der Waals surface area contributed by atoms with Gasteiger partial charge in [-0.15, -0.1) is 11.8 Å². The highest BCUT2D eigenvalue weighted by Crippen LogP contribution is 2.33. The van der Waals surface area contributed by atoms with E-state index < -0.39 is 24.0 Å². The van der Waals surface area contributed by atoms with Crippen molar-refractivity contribution in [3.63, 3.8) is 0 Å². The first-order valence-corrected chi connectivity index (χ1v) is 12.0. The second-order valence-electron chi connectivity index (χ2n) is 7.61. The number of aliphatic imine (C=N–C) groups is 1. The van der Waals surface area contributed by atoms with E-state index in [1.165, 1.54) is 4.90 Å². The molecule has 33 heavy (non-hydrogen) atoms. The minimum Gasteiger partial charge on any atom is -0.480 e. The van der Waals surface area contributed by atoms with E-state index >= 15 is 0 Å². The largest absolute Gasteiger partial charge is 0.480 e. The summed E-state index contributed by atoms with van der Waals surface area (Å²) in [6.45, 7) is 2.68. The van der Waals surface area contributed by atoms with Crippen LogP contribution in [0, 0.1) is 5.92 Å². The molecule has 1 amide bonds. The van der Waals surface area contributed by atoms with Crippen LogP contribution < -0.4 is 17.2 Å². The summed E-state index contributed by atoms with van der Waals surface area (Å²) < 4.78 is 0. The monoisotopic (exact) mass is 499 g/mol. The van der Waals surface area contributed by atoms with E-state index in [1.807, 2.05) is 30.3 Å². The number of benzene rings is 1. The maximum absolute atomic E-state index is 12.3. The molecular formula is C21H33N5O5S2. The third-order valence-electron chi connectivity index (χ3n) is 4.86. The van der Waals surface area contributed by atoms with E-state index in [1.54, 1.807) is 18.7 Å². The Morgan fingerprint density at radius 2 is 1.88 bits per heavy atom. The van der Waals surface area contributed by atoms with Crippen LogP contribution in [-0.4, -0.2) is 75.1 Å². The number of carbonyl (C=O) groups is 3. The van der Waals surface area contributed by atoms with Crippen molar-refractivity contribution in [2.24, 2.45) is 28.1 Å². The number of carboxylic acid groups (broad SMARTS) is 2. The SMILES string of the molecule is CC(CS)C(=O)N1CC(Sc2ccccc2)CC1C(=O)O.NC(N)=NCCCC(N)C(=O)O. The lowest BCUT2D eigenvalue weighted by Crippen LogP contribution is -2.43. The highest BCUT2D eigenvalue weighted by atomic mass is 32.2. The smallest absolute Gasteiger partial charge is 0.326 e. The lowest BCUT2D eigenvalue weighted by Gasteiger charge is -2.24.